The van der Waals surface area contributed by atoms with E-state index in [2.05, 4.69) is 5.32 Å². The minimum Gasteiger partial charge on any atom is -0.481 e. The fraction of sp³-hybridized carbons (Fsp3) is 0.538. The van der Waals surface area contributed by atoms with Crippen LogP contribution in [0.15, 0.2) is 23.0 Å². The van der Waals surface area contributed by atoms with Crippen molar-refractivity contribution in [2.45, 2.75) is 39.7 Å². The highest BCUT2D eigenvalue weighted by atomic mass is 16.4. The minimum atomic E-state index is -0.958. The van der Waals surface area contributed by atoms with E-state index in [4.69, 9.17) is 4.42 Å². The molecule has 100 valence electrons. The number of hydrogen-bond acceptors (Lipinski definition) is 3. The van der Waals surface area contributed by atoms with Crippen molar-refractivity contribution in [3.8, 4) is 0 Å². The Bertz CT molecular complexity index is 393. The lowest BCUT2D eigenvalue weighted by molar-refractivity contribution is -0.152. The number of carboxylic acids is 1. The van der Waals surface area contributed by atoms with Crippen molar-refractivity contribution in [1.82, 2.24) is 5.32 Å². The number of furan rings is 1. The SMILES string of the molecule is CCC(CC)(CC(=O)NCc1ccoc1)C(=O)O. The summed E-state index contributed by atoms with van der Waals surface area (Å²) >= 11 is 0. The van der Waals surface area contributed by atoms with Crippen molar-refractivity contribution < 1.29 is 19.1 Å². The molecule has 0 bridgehead atoms. The van der Waals surface area contributed by atoms with Crippen LogP contribution in [0.3, 0.4) is 0 Å². The van der Waals surface area contributed by atoms with Crippen molar-refractivity contribution in [3.63, 3.8) is 0 Å². The van der Waals surface area contributed by atoms with E-state index in [1.165, 1.54) is 6.26 Å². The van der Waals surface area contributed by atoms with Crippen LogP contribution in [-0.2, 0) is 16.1 Å². The molecule has 1 aromatic heterocycles. The summed E-state index contributed by atoms with van der Waals surface area (Å²) in [5.41, 5.74) is -0.0993. The standard InChI is InChI=1S/C13H19NO4/c1-3-13(4-2,12(16)17)7-11(15)14-8-10-5-6-18-9-10/h5-6,9H,3-4,7-8H2,1-2H3,(H,14,15)(H,16,17). The number of carboxylic acid groups (broad SMARTS) is 1. The van der Waals surface area contributed by atoms with Gasteiger partial charge in [-0.05, 0) is 18.9 Å². The molecule has 0 fully saturated rings. The van der Waals surface area contributed by atoms with Crippen LogP contribution in [0.5, 0.6) is 0 Å². The van der Waals surface area contributed by atoms with Crippen molar-refractivity contribution in [2.24, 2.45) is 5.41 Å². The Morgan fingerprint density at radius 2 is 2.06 bits per heavy atom. The highest BCUT2D eigenvalue weighted by Gasteiger charge is 2.36. The maximum absolute atomic E-state index is 11.8. The quantitative estimate of drug-likeness (QED) is 0.780. The Kier molecular flexibility index (Phi) is 4.95. The van der Waals surface area contributed by atoms with Crippen molar-refractivity contribution in [2.75, 3.05) is 0 Å². The summed E-state index contributed by atoms with van der Waals surface area (Å²) in [5.74, 6) is -1.16. The van der Waals surface area contributed by atoms with Crippen LogP contribution in [0.2, 0.25) is 0 Å². The third-order valence-corrected chi connectivity index (χ3v) is 3.38. The molecule has 1 aromatic rings. The van der Waals surface area contributed by atoms with Gasteiger partial charge in [0.1, 0.15) is 0 Å². The van der Waals surface area contributed by atoms with Crippen LogP contribution in [0.1, 0.15) is 38.7 Å². The van der Waals surface area contributed by atoms with E-state index in [1.54, 1.807) is 26.2 Å². The van der Waals surface area contributed by atoms with Gasteiger partial charge in [-0.3, -0.25) is 9.59 Å². The van der Waals surface area contributed by atoms with E-state index < -0.39 is 11.4 Å². The fourth-order valence-corrected chi connectivity index (χ4v) is 1.84. The molecule has 5 heteroatoms. The molecule has 0 aliphatic heterocycles. The van der Waals surface area contributed by atoms with Crippen LogP contribution in [0.25, 0.3) is 0 Å². The molecule has 0 atom stereocenters. The summed E-state index contributed by atoms with van der Waals surface area (Å²) in [6.07, 6.45) is 3.97. The molecule has 0 aromatic carbocycles. The second kappa shape index (κ2) is 6.23. The van der Waals surface area contributed by atoms with Crippen molar-refractivity contribution >= 4 is 11.9 Å². The first-order valence-corrected chi connectivity index (χ1v) is 6.05. The van der Waals surface area contributed by atoms with Crippen LogP contribution < -0.4 is 5.32 Å². The number of carbonyl (C=O) groups is 2. The second-order valence-corrected chi connectivity index (χ2v) is 4.38. The third-order valence-electron chi connectivity index (χ3n) is 3.38. The molecule has 0 radical (unpaired) electrons. The molecule has 0 aliphatic carbocycles. The maximum atomic E-state index is 11.8. The van der Waals surface area contributed by atoms with Crippen LogP contribution in [0.4, 0.5) is 0 Å². The zero-order valence-electron chi connectivity index (χ0n) is 10.7. The van der Waals surface area contributed by atoms with E-state index in [1.807, 2.05) is 0 Å². The average molecular weight is 253 g/mol. The summed E-state index contributed by atoms with van der Waals surface area (Å²) in [6.45, 7) is 3.94. The monoisotopic (exact) mass is 253 g/mol. The Labute approximate surface area is 106 Å². The lowest BCUT2D eigenvalue weighted by atomic mass is 9.79. The van der Waals surface area contributed by atoms with Gasteiger partial charge >= 0.3 is 5.97 Å². The summed E-state index contributed by atoms with van der Waals surface area (Å²) in [7, 11) is 0. The van der Waals surface area contributed by atoms with Gasteiger partial charge in [-0.15, -0.1) is 0 Å². The number of rotatable bonds is 7. The third kappa shape index (κ3) is 3.35. The second-order valence-electron chi connectivity index (χ2n) is 4.38. The highest BCUT2D eigenvalue weighted by molar-refractivity contribution is 5.84. The Hall–Kier alpha value is -1.78. The van der Waals surface area contributed by atoms with Gasteiger partial charge in [0, 0.05) is 18.5 Å². The molecular formula is C13H19NO4. The average Bonchev–Trinajstić information content (AvgIpc) is 2.86. The number of amides is 1. The molecule has 0 aliphatic rings. The predicted octanol–water partition coefficient (Wildman–Crippen LogP) is 2.18. The van der Waals surface area contributed by atoms with Gasteiger partial charge in [-0.2, -0.15) is 0 Å². The summed E-state index contributed by atoms with van der Waals surface area (Å²) in [6, 6.07) is 1.75. The van der Waals surface area contributed by atoms with Gasteiger partial charge in [0.05, 0.1) is 17.9 Å². The van der Waals surface area contributed by atoms with E-state index in [0.29, 0.717) is 19.4 Å². The van der Waals surface area contributed by atoms with E-state index in [9.17, 15) is 14.7 Å². The summed E-state index contributed by atoms with van der Waals surface area (Å²) < 4.78 is 4.88. The summed E-state index contributed by atoms with van der Waals surface area (Å²) in [5, 5.41) is 11.9. The first-order chi connectivity index (χ1) is 8.54. The Morgan fingerprint density at radius 1 is 1.39 bits per heavy atom. The van der Waals surface area contributed by atoms with Gasteiger partial charge in [-0.25, -0.2) is 0 Å². The van der Waals surface area contributed by atoms with Gasteiger partial charge < -0.3 is 14.8 Å². The van der Waals surface area contributed by atoms with Gasteiger partial charge in [-0.1, -0.05) is 13.8 Å². The lowest BCUT2D eigenvalue weighted by Crippen LogP contribution is -2.36. The largest absolute Gasteiger partial charge is 0.481 e. The minimum absolute atomic E-state index is 0.00713. The normalized spacial score (nSPS) is 11.2. The van der Waals surface area contributed by atoms with E-state index in [-0.39, 0.29) is 12.3 Å². The molecule has 0 unspecified atom stereocenters. The molecule has 1 amide bonds. The molecule has 0 saturated carbocycles. The summed E-state index contributed by atoms with van der Waals surface area (Å²) in [4.78, 5) is 23.0. The molecule has 0 spiro atoms. The first kappa shape index (κ1) is 14.3. The van der Waals surface area contributed by atoms with Gasteiger partial charge in [0.2, 0.25) is 5.91 Å². The van der Waals surface area contributed by atoms with Crippen LogP contribution in [0, 0.1) is 5.41 Å². The number of carbonyl (C=O) groups excluding carboxylic acids is 1. The number of nitrogens with one attached hydrogen (secondary N) is 1. The number of aliphatic carboxylic acids is 1. The van der Waals surface area contributed by atoms with Crippen LogP contribution in [-0.4, -0.2) is 17.0 Å². The molecule has 5 nitrogen and oxygen atoms in total. The van der Waals surface area contributed by atoms with Gasteiger partial charge in [0.25, 0.3) is 0 Å². The molecule has 1 heterocycles. The van der Waals surface area contributed by atoms with E-state index >= 15 is 0 Å². The Morgan fingerprint density at radius 3 is 2.50 bits per heavy atom. The van der Waals surface area contributed by atoms with Crippen LogP contribution >= 0.6 is 0 Å². The zero-order chi connectivity index (χ0) is 13.6. The van der Waals surface area contributed by atoms with Crippen molar-refractivity contribution in [3.05, 3.63) is 24.2 Å². The number of hydrogen-bond donors (Lipinski definition) is 2. The topological polar surface area (TPSA) is 79.5 Å². The zero-order valence-corrected chi connectivity index (χ0v) is 10.7. The molecule has 18 heavy (non-hydrogen) atoms. The lowest BCUT2D eigenvalue weighted by Gasteiger charge is -2.25. The molecule has 1 rings (SSSR count). The Balaban J connectivity index is 2.54. The molecular weight excluding hydrogens is 234 g/mol. The fourth-order valence-electron chi connectivity index (χ4n) is 1.84. The smallest absolute Gasteiger partial charge is 0.310 e. The molecule has 0 saturated heterocycles. The highest BCUT2D eigenvalue weighted by Crippen LogP contribution is 2.30. The predicted molar refractivity (Wildman–Crippen MR) is 65.8 cm³/mol. The van der Waals surface area contributed by atoms with Gasteiger partial charge in [0.15, 0.2) is 0 Å². The molecule has 2 N–H and O–H groups in total. The van der Waals surface area contributed by atoms with Crippen molar-refractivity contribution in [1.29, 1.82) is 0 Å². The maximum Gasteiger partial charge on any atom is 0.310 e. The van der Waals surface area contributed by atoms with E-state index in [0.717, 1.165) is 5.56 Å². The first-order valence-electron chi connectivity index (χ1n) is 6.05.